The number of para-hydroxylation sites is 1. The third-order valence-electron chi connectivity index (χ3n) is 3.28. The number of aromatic hydroxyl groups is 1. The lowest BCUT2D eigenvalue weighted by molar-refractivity contribution is 0.414. The number of hydrogen-bond donors (Lipinski definition) is 2. The minimum Gasteiger partial charge on any atom is -0.508 e. The van der Waals surface area contributed by atoms with Gasteiger partial charge in [-0.05, 0) is 24.9 Å². The molecule has 0 aromatic heterocycles. The maximum absolute atomic E-state index is 9.63. The average molecular weight is 235 g/mol. The number of hydrogen-bond acceptors (Lipinski definition) is 2. The van der Waals surface area contributed by atoms with Crippen molar-refractivity contribution in [3.63, 3.8) is 0 Å². The molecule has 1 aromatic rings. The van der Waals surface area contributed by atoms with Crippen LogP contribution in [0.25, 0.3) is 0 Å². The third-order valence-corrected chi connectivity index (χ3v) is 3.28. The summed E-state index contributed by atoms with van der Waals surface area (Å²) in [6.45, 7) is 6.30. The lowest BCUT2D eigenvalue weighted by Gasteiger charge is -2.15. The van der Waals surface area contributed by atoms with Crippen molar-refractivity contribution in [1.29, 1.82) is 0 Å². The summed E-state index contributed by atoms with van der Waals surface area (Å²) in [5.41, 5.74) is 0.984. The average Bonchev–Trinajstić information content (AvgIpc) is 2.35. The van der Waals surface area contributed by atoms with E-state index in [1.165, 1.54) is 25.7 Å². The molecule has 2 heteroatoms. The minimum absolute atomic E-state index is 0.390. The molecule has 0 bridgehead atoms. The van der Waals surface area contributed by atoms with E-state index in [0.717, 1.165) is 24.6 Å². The summed E-state index contributed by atoms with van der Waals surface area (Å²) in [5.74, 6) is 1.16. The standard InChI is InChI=1S/C15H25NO/c1-3-5-8-13(4-2)11-16-12-14-9-6-7-10-15(14)17/h6-7,9-10,13,16-17H,3-5,8,11-12H2,1-2H3. The van der Waals surface area contributed by atoms with Gasteiger partial charge in [-0.2, -0.15) is 0 Å². The second-order valence-corrected chi connectivity index (χ2v) is 4.68. The van der Waals surface area contributed by atoms with E-state index in [-0.39, 0.29) is 0 Å². The fourth-order valence-corrected chi connectivity index (χ4v) is 2.01. The van der Waals surface area contributed by atoms with Crippen LogP contribution >= 0.6 is 0 Å². The highest BCUT2D eigenvalue weighted by Crippen LogP contribution is 2.16. The Morgan fingerprint density at radius 1 is 1.24 bits per heavy atom. The molecular weight excluding hydrogens is 210 g/mol. The van der Waals surface area contributed by atoms with Crippen LogP contribution in [0, 0.1) is 5.92 Å². The number of benzene rings is 1. The van der Waals surface area contributed by atoms with Gasteiger partial charge >= 0.3 is 0 Å². The van der Waals surface area contributed by atoms with E-state index in [4.69, 9.17) is 0 Å². The Morgan fingerprint density at radius 3 is 2.65 bits per heavy atom. The molecule has 0 amide bonds. The number of unbranched alkanes of at least 4 members (excludes halogenated alkanes) is 1. The topological polar surface area (TPSA) is 32.3 Å². The molecule has 0 heterocycles. The number of phenolic OH excluding ortho intramolecular Hbond substituents is 1. The lowest BCUT2D eigenvalue weighted by Crippen LogP contribution is -2.22. The van der Waals surface area contributed by atoms with Gasteiger partial charge in [-0.15, -0.1) is 0 Å². The van der Waals surface area contributed by atoms with Crippen molar-refractivity contribution in [2.75, 3.05) is 6.54 Å². The van der Waals surface area contributed by atoms with Crippen LogP contribution in [0.1, 0.15) is 45.1 Å². The predicted octanol–water partition coefficient (Wildman–Crippen LogP) is 3.70. The molecule has 0 spiro atoms. The van der Waals surface area contributed by atoms with E-state index in [2.05, 4.69) is 19.2 Å². The van der Waals surface area contributed by atoms with Crippen LogP contribution in [-0.4, -0.2) is 11.7 Å². The van der Waals surface area contributed by atoms with Crippen LogP contribution in [0.4, 0.5) is 0 Å². The molecular formula is C15H25NO. The highest BCUT2D eigenvalue weighted by atomic mass is 16.3. The molecule has 1 unspecified atom stereocenters. The van der Waals surface area contributed by atoms with Crippen LogP contribution < -0.4 is 5.32 Å². The van der Waals surface area contributed by atoms with Crippen LogP contribution in [0.3, 0.4) is 0 Å². The Hall–Kier alpha value is -1.02. The normalized spacial score (nSPS) is 12.6. The van der Waals surface area contributed by atoms with Crippen LogP contribution in [0.15, 0.2) is 24.3 Å². The Bertz CT molecular complexity index is 312. The fourth-order valence-electron chi connectivity index (χ4n) is 2.01. The molecule has 2 N–H and O–H groups in total. The van der Waals surface area contributed by atoms with Crippen molar-refractivity contribution in [2.24, 2.45) is 5.92 Å². The van der Waals surface area contributed by atoms with Gasteiger partial charge in [-0.1, -0.05) is 51.3 Å². The van der Waals surface area contributed by atoms with Crippen LogP contribution in [0.5, 0.6) is 5.75 Å². The zero-order valence-electron chi connectivity index (χ0n) is 11.1. The Labute approximate surface area is 105 Å². The van der Waals surface area contributed by atoms with Crippen molar-refractivity contribution >= 4 is 0 Å². The predicted molar refractivity (Wildman–Crippen MR) is 73.1 cm³/mol. The smallest absolute Gasteiger partial charge is 0.120 e. The van der Waals surface area contributed by atoms with Gasteiger partial charge in [0.1, 0.15) is 5.75 Å². The highest BCUT2D eigenvalue weighted by Gasteiger charge is 2.05. The molecule has 1 atom stereocenters. The van der Waals surface area contributed by atoms with Crippen LogP contribution in [0.2, 0.25) is 0 Å². The fraction of sp³-hybridized carbons (Fsp3) is 0.600. The van der Waals surface area contributed by atoms with E-state index in [0.29, 0.717) is 5.75 Å². The highest BCUT2D eigenvalue weighted by molar-refractivity contribution is 5.31. The van der Waals surface area contributed by atoms with Crippen LogP contribution in [-0.2, 0) is 6.54 Å². The second-order valence-electron chi connectivity index (χ2n) is 4.68. The number of phenols is 1. The summed E-state index contributed by atoms with van der Waals surface area (Å²) in [4.78, 5) is 0. The maximum Gasteiger partial charge on any atom is 0.120 e. The molecule has 0 aliphatic carbocycles. The minimum atomic E-state index is 0.390. The Morgan fingerprint density at radius 2 is 2.00 bits per heavy atom. The molecule has 1 aromatic carbocycles. The van der Waals surface area contributed by atoms with Crippen molar-refractivity contribution in [3.8, 4) is 5.75 Å². The van der Waals surface area contributed by atoms with Gasteiger partial charge in [0.25, 0.3) is 0 Å². The van der Waals surface area contributed by atoms with E-state index < -0.39 is 0 Å². The SMILES string of the molecule is CCCCC(CC)CNCc1ccccc1O. The Kier molecular flexibility index (Phi) is 6.71. The quantitative estimate of drug-likeness (QED) is 0.720. The zero-order chi connectivity index (χ0) is 12.5. The van der Waals surface area contributed by atoms with Gasteiger partial charge in [0.05, 0.1) is 0 Å². The molecule has 0 aliphatic rings. The van der Waals surface area contributed by atoms with E-state index in [9.17, 15) is 5.11 Å². The van der Waals surface area contributed by atoms with E-state index in [1.807, 2.05) is 18.2 Å². The van der Waals surface area contributed by atoms with Crippen molar-refractivity contribution in [1.82, 2.24) is 5.32 Å². The van der Waals surface area contributed by atoms with E-state index >= 15 is 0 Å². The molecule has 0 saturated carbocycles. The third kappa shape index (κ3) is 5.22. The summed E-state index contributed by atoms with van der Waals surface area (Å²) >= 11 is 0. The van der Waals surface area contributed by atoms with Crippen molar-refractivity contribution in [3.05, 3.63) is 29.8 Å². The lowest BCUT2D eigenvalue weighted by atomic mass is 9.99. The first kappa shape index (κ1) is 14.0. The largest absolute Gasteiger partial charge is 0.508 e. The van der Waals surface area contributed by atoms with Gasteiger partial charge in [0.2, 0.25) is 0 Å². The monoisotopic (exact) mass is 235 g/mol. The first-order chi connectivity index (χ1) is 8.27. The number of nitrogens with one attached hydrogen (secondary N) is 1. The van der Waals surface area contributed by atoms with Gasteiger partial charge in [0.15, 0.2) is 0 Å². The molecule has 1 rings (SSSR count). The zero-order valence-corrected chi connectivity index (χ0v) is 11.1. The summed E-state index contributed by atoms with van der Waals surface area (Å²) in [6.07, 6.45) is 5.13. The van der Waals surface area contributed by atoms with Gasteiger partial charge in [-0.25, -0.2) is 0 Å². The summed E-state index contributed by atoms with van der Waals surface area (Å²) in [5, 5.41) is 13.1. The molecule has 2 nitrogen and oxygen atoms in total. The first-order valence-electron chi connectivity index (χ1n) is 6.75. The van der Waals surface area contributed by atoms with Gasteiger partial charge in [0, 0.05) is 12.1 Å². The van der Waals surface area contributed by atoms with Crippen molar-refractivity contribution < 1.29 is 5.11 Å². The molecule has 0 fully saturated rings. The first-order valence-corrected chi connectivity index (χ1v) is 6.75. The molecule has 96 valence electrons. The maximum atomic E-state index is 9.63. The molecule has 0 radical (unpaired) electrons. The summed E-state index contributed by atoms with van der Waals surface area (Å²) in [7, 11) is 0. The van der Waals surface area contributed by atoms with Gasteiger partial charge < -0.3 is 10.4 Å². The molecule has 0 aliphatic heterocycles. The van der Waals surface area contributed by atoms with Gasteiger partial charge in [-0.3, -0.25) is 0 Å². The van der Waals surface area contributed by atoms with E-state index in [1.54, 1.807) is 6.07 Å². The summed E-state index contributed by atoms with van der Waals surface area (Å²) < 4.78 is 0. The number of rotatable bonds is 8. The Balaban J connectivity index is 2.28. The second kappa shape index (κ2) is 8.13. The molecule has 17 heavy (non-hydrogen) atoms. The summed E-state index contributed by atoms with van der Waals surface area (Å²) in [6, 6.07) is 7.53. The van der Waals surface area contributed by atoms with Crippen molar-refractivity contribution in [2.45, 2.75) is 46.1 Å². The molecule has 0 saturated heterocycles.